The zero-order chi connectivity index (χ0) is 19.4. The number of carbonyl (C=O) groups excluding carboxylic acids is 4. The minimum atomic E-state index is -2.30. The molecule has 25 heavy (non-hydrogen) atoms. The summed E-state index contributed by atoms with van der Waals surface area (Å²) in [6, 6.07) is 0. The Bertz CT molecular complexity index is 550. The normalized spacial score (nSPS) is 25.8. The summed E-state index contributed by atoms with van der Waals surface area (Å²) in [5.41, 5.74) is 0. The molecular weight excluding hydrogens is 405 g/mol. The fourth-order valence-corrected chi connectivity index (χ4v) is 2.21. The highest BCUT2D eigenvalue weighted by Gasteiger charge is 2.51. The first-order valence-electron chi connectivity index (χ1n) is 6.92. The van der Waals surface area contributed by atoms with Crippen molar-refractivity contribution in [3.63, 3.8) is 0 Å². The molecule has 142 valence electrons. The quantitative estimate of drug-likeness (QED) is 0.391. The number of carbonyl (C=O) groups is 4. The van der Waals surface area contributed by atoms with Gasteiger partial charge in [0, 0.05) is 20.8 Å². The van der Waals surface area contributed by atoms with E-state index in [1.165, 1.54) is 6.92 Å². The number of alkyl halides is 3. The van der Waals surface area contributed by atoms with Crippen molar-refractivity contribution in [1.29, 1.82) is 0 Å². The van der Waals surface area contributed by atoms with E-state index in [1.54, 1.807) is 0 Å². The SMILES string of the molecule is CC(=O)OC[C@H]1OC(NC(=O)C(Cl)(Cl)Cl)[C@H](OC(C)=O)[C@@H]1OC(C)=O. The Morgan fingerprint density at radius 1 is 0.960 bits per heavy atom. The van der Waals surface area contributed by atoms with E-state index in [1.807, 2.05) is 0 Å². The van der Waals surface area contributed by atoms with Crippen LogP contribution in [-0.4, -0.2) is 58.8 Å². The van der Waals surface area contributed by atoms with E-state index in [4.69, 9.17) is 53.8 Å². The summed E-state index contributed by atoms with van der Waals surface area (Å²) in [5.74, 6) is -3.09. The van der Waals surface area contributed by atoms with Gasteiger partial charge >= 0.3 is 17.9 Å². The number of halogens is 3. The van der Waals surface area contributed by atoms with Crippen molar-refractivity contribution in [2.45, 2.75) is 49.1 Å². The molecule has 1 rings (SSSR count). The topological polar surface area (TPSA) is 117 Å². The number of hydrogen-bond donors (Lipinski definition) is 1. The van der Waals surface area contributed by atoms with Crippen molar-refractivity contribution >= 4 is 58.6 Å². The summed E-state index contributed by atoms with van der Waals surface area (Å²) in [6.07, 6.45) is -4.70. The average Bonchev–Trinajstić information content (AvgIpc) is 2.72. The van der Waals surface area contributed by atoms with E-state index in [0.717, 1.165) is 13.8 Å². The fourth-order valence-electron chi connectivity index (χ4n) is 2.04. The lowest BCUT2D eigenvalue weighted by atomic mass is 10.1. The van der Waals surface area contributed by atoms with Crippen LogP contribution in [0.15, 0.2) is 0 Å². The van der Waals surface area contributed by atoms with E-state index < -0.39 is 52.1 Å². The number of ether oxygens (including phenoxy) is 4. The van der Waals surface area contributed by atoms with Gasteiger partial charge < -0.3 is 24.3 Å². The van der Waals surface area contributed by atoms with Crippen LogP contribution in [-0.2, 0) is 38.1 Å². The summed E-state index contributed by atoms with van der Waals surface area (Å²) in [4.78, 5) is 45.5. The Hall–Kier alpha value is -1.29. The molecule has 0 aromatic rings. The molecule has 4 atom stereocenters. The Kier molecular flexibility index (Phi) is 7.73. The first-order valence-corrected chi connectivity index (χ1v) is 8.06. The zero-order valence-corrected chi connectivity index (χ0v) is 15.7. The molecule has 1 fully saturated rings. The smallest absolute Gasteiger partial charge is 0.303 e. The number of amides is 1. The van der Waals surface area contributed by atoms with Crippen LogP contribution in [0.4, 0.5) is 0 Å². The maximum atomic E-state index is 11.8. The second-order valence-corrected chi connectivity index (χ2v) is 7.30. The van der Waals surface area contributed by atoms with Crippen molar-refractivity contribution in [2.24, 2.45) is 0 Å². The maximum Gasteiger partial charge on any atom is 0.303 e. The van der Waals surface area contributed by atoms with Crippen LogP contribution in [0.3, 0.4) is 0 Å². The molecule has 9 nitrogen and oxygen atoms in total. The summed E-state index contributed by atoms with van der Waals surface area (Å²) in [7, 11) is 0. The van der Waals surface area contributed by atoms with E-state index >= 15 is 0 Å². The average molecular weight is 421 g/mol. The number of rotatable bonds is 5. The van der Waals surface area contributed by atoms with E-state index in [9.17, 15) is 19.2 Å². The third-order valence-corrected chi connectivity index (χ3v) is 3.41. The van der Waals surface area contributed by atoms with Gasteiger partial charge in [-0.05, 0) is 0 Å². The Labute approximate surface area is 158 Å². The van der Waals surface area contributed by atoms with Gasteiger partial charge in [-0.25, -0.2) is 0 Å². The van der Waals surface area contributed by atoms with Gasteiger partial charge in [-0.1, -0.05) is 34.8 Å². The number of esters is 3. The zero-order valence-electron chi connectivity index (χ0n) is 13.4. The van der Waals surface area contributed by atoms with Gasteiger partial charge in [-0.2, -0.15) is 0 Å². The van der Waals surface area contributed by atoms with Crippen LogP contribution in [0.2, 0.25) is 0 Å². The fraction of sp³-hybridized carbons (Fsp3) is 0.692. The Morgan fingerprint density at radius 3 is 1.92 bits per heavy atom. The molecule has 0 aromatic carbocycles. The largest absolute Gasteiger partial charge is 0.463 e. The van der Waals surface area contributed by atoms with Gasteiger partial charge in [0.2, 0.25) is 0 Å². The lowest BCUT2D eigenvalue weighted by Crippen LogP contribution is -2.49. The predicted octanol–water partition coefficient (Wildman–Crippen LogP) is 0.624. The Morgan fingerprint density at radius 2 is 1.48 bits per heavy atom. The third-order valence-electron chi connectivity index (χ3n) is 2.90. The molecule has 0 bridgehead atoms. The van der Waals surface area contributed by atoms with E-state index in [-0.39, 0.29) is 6.61 Å². The number of nitrogens with one attached hydrogen (secondary N) is 1. The summed E-state index contributed by atoms with van der Waals surface area (Å²) in [6.45, 7) is 3.09. The minimum Gasteiger partial charge on any atom is -0.463 e. The summed E-state index contributed by atoms with van der Waals surface area (Å²) < 4.78 is 18.1. The molecule has 1 amide bonds. The molecule has 1 aliphatic heterocycles. The minimum absolute atomic E-state index is 0.314. The monoisotopic (exact) mass is 419 g/mol. The van der Waals surface area contributed by atoms with Crippen LogP contribution in [0.5, 0.6) is 0 Å². The molecule has 1 N–H and O–H groups in total. The first kappa shape index (κ1) is 21.8. The second-order valence-electron chi connectivity index (χ2n) is 5.02. The molecule has 0 saturated carbocycles. The lowest BCUT2D eigenvalue weighted by Gasteiger charge is -2.24. The van der Waals surface area contributed by atoms with Gasteiger partial charge in [0.25, 0.3) is 9.70 Å². The van der Waals surface area contributed by atoms with Crippen molar-refractivity contribution in [3.8, 4) is 0 Å². The van der Waals surface area contributed by atoms with E-state index in [2.05, 4.69) is 5.32 Å². The molecule has 1 aliphatic rings. The standard InChI is InChI=1S/C13H16Cl3NO8/c1-5(18)22-4-8-9(23-6(2)19)10(24-7(3)20)11(25-8)17-12(21)13(14,15)16/h8-11H,4H2,1-3H3,(H,17,21)/t8-,9-,10-,11?/m1/s1. The molecule has 1 unspecified atom stereocenters. The van der Waals surface area contributed by atoms with Crippen LogP contribution in [0, 0.1) is 0 Å². The first-order chi connectivity index (χ1) is 11.4. The van der Waals surface area contributed by atoms with Gasteiger partial charge in [-0.3, -0.25) is 19.2 Å². The van der Waals surface area contributed by atoms with Crippen molar-refractivity contribution in [2.75, 3.05) is 6.61 Å². The summed E-state index contributed by atoms with van der Waals surface area (Å²) in [5, 5.41) is 2.23. The van der Waals surface area contributed by atoms with E-state index in [0.29, 0.717) is 0 Å². The highest BCUT2D eigenvalue weighted by atomic mass is 35.6. The number of hydrogen-bond acceptors (Lipinski definition) is 8. The van der Waals surface area contributed by atoms with Gasteiger partial charge in [0.05, 0.1) is 0 Å². The molecule has 0 aliphatic carbocycles. The molecule has 12 heteroatoms. The Balaban J connectivity index is 3.03. The van der Waals surface area contributed by atoms with Gasteiger partial charge in [0.15, 0.2) is 18.4 Å². The lowest BCUT2D eigenvalue weighted by molar-refractivity contribution is -0.166. The third kappa shape index (κ3) is 6.85. The molecule has 0 spiro atoms. The van der Waals surface area contributed by atoms with Crippen LogP contribution in [0.1, 0.15) is 20.8 Å². The molecular formula is C13H16Cl3NO8. The summed E-state index contributed by atoms with van der Waals surface area (Å²) >= 11 is 16.4. The predicted molar refractivity (Wildman–Crippen MR) is 84.8 cm³/mol. The van der Waals surface area contributed by atoms with Crippen LogP contribution in [0.25, 0.3) is 0 Å². The highest BCUT2D eigenvalue weighted by Crippen LogP contribution is 2.30. The van der Waals surface area contributed by atoms with Crippen molar-refractivity contribution in [3.05, 3.63) is 0 Å². The molecule has 1 saturated heterocycles. The van der Waals surface area contributed by atoms with Crippen molar-refractivity contribution in [1.82, 2.24) is 5.32 Å². The van der Waals surface area contributed by atoms with Gasteiger partial charge in [-0.15, -0.1) is 0 Å². The van der Waals surface area contributed by atoms with Crippen molar-refractivity contribution < 1.29 is 38.1 Å². The van der Waals surface area contributed by atoms with Gasteiger partial charge in [0.1, 0.15) is 12.7 Å². The van der Waals surface area contributed by atoms with Crippen LogP contribution < -0.4 is 5.32 Å². The van der Waals surface area contributed by atoms with Crippen LogP contribution >= 0.6 is 34.8 Å². The maximum absolute atomic E-state index is 11.8. The highest BCUT2D eigenvalue weighted by molar-refractivity contribution is 6.76. The molecule has 0 radical (unpaired) electrons. The second kappa shape index (κ2) is 8.88. The molecule has 1 heterocycles. The molecule has 0 aromatic heterocycles.